The molecule has 2 heteroatoms. The summed E-state index contributed by atoms with van der Waals surface area (Å²) in [5.74, 6) is 0.511. The predicted octanol–water partition coefficient (Wildman–Crippen LogP) is 3.94. The van der Waals surface area contributed by atoms with Gasteiger partial charge in [-0.3, -0.25) is 0 Å². The molecular formula is C11H12ClN. The Morgan fingerprint density at radius 2 is 2.08 bits per heavy atom. The first-order chi connectivity index (χ1) is 6.18. The zero-order chi connectivity index (χ0) is 9.42. The number of hydrogen-bond donors (Lipinski definition) is 1. The highest BCUT2D eigenvalue weighted by Gasteiger charge is 2.06. The normalized spacial score (nSPS) is 11.4. The molecule has 2 aromatic rings. The Balaban J connectivity index is 2.77. The van der Waals surface area contributed by atoms with Crippen LogP contribution in [0.2, 0.25) is 5.02 Å². The van der Waals surface area contributed by atoms with Crippen LogP contribution >= 0.6 is 11.6 Å². The van der Waals surface area contributed by atoms with Crippen LogP contribution in [-0.2, 0) is 0 Å². The molecule has 0 saturated heterocycles. The smallest absolute Gasteiger partial charge is 0.0471 e. The van der Waals surface area contributed by atoms with Crippen molar-refractivity contribution in [3.8, 4) is 0 Å². The van der Waals surface area contributed by atoms with Gasteiger partial charge >= 0.3 is 0 Å². The summed E-state index contributed by atoms with van der Waals surface area (Å²) < 4.78 is 0. The maximum atomic E-state index is 6.00. The minimum absolute atomic E-state index is 0.511. The average molecular weight is 194 g/mol. The summed E-state index contributed by atoms with van der Waals surface area (Å²) in [4.78, 5) is 3.17. The van der Waals surface area contributed by atoms with Gasteiger partial charge in [-0.2, -0.15) is 0 Å². The van der Waals surface area contributed by atoms with Crippen LogP contribution < -0.4 is 0 Å². The lowest BCUT2D eigenvalue weighted by Crippen LogP contribution is -1.87. The third kappa shape index (κ3) is 1.44. The number of nitrogens with one attached hydrogen (secondary N) is 1. The summed E-state index contributed by atoms with van der Waals surface area (Å²) in [6, 6.07) is 6.10. The third-order valence-corrected chi connectivity index (χ3v) is 2.51. The molecule has 0 unspecified atom stereocenters. The number of aromatic nitrogens is 1. The van der Waals surface area contributed by atoms with E-state index in [4.69, 9.17) is 11.6 Å². The molecule has 68 valence electrons. The molecule has 0 aliphatic carbocycles. The van der Waals surface area contributed by atoms with E-state index in [1.165, 1.54) is 10.9 Å². The fourth-order valence-electron chi connectivity index (χ4n) is 1.64. The van der Waals surface area contributed by atoms with Gasteiger partial charge in [0.05, 0.1) is 0 Å². The summed E-state index contributed by atoms with van der Waals surface area (Å²) in [5.41, 5.74) is 2.43. The Morgan fingerprint density at radius 1 is 1.31 bits per heavy atom. The molecule has 0 bridgehead atoms. The molecule has 0 saturated carbocycles. The van der Waals surface area contributed by atoms with Crippen molar-refractivity contribution in [1.29, 1.82) is 0 Å². The fourth-order valence-corrected chi connectivity index (χ4v) is 1.86. The monoisotopic (exact) mass is 193 g/mol. The second-order valence-corrected chi connectivity index (χ2v) is 4.03. The predicted molar refractivity (Wildman–Crippen MR) is 57.4 cm³/mol. The number of H-pyrrole nitrogens is 1. The van der Waals surface area contributed by atoms with E-state index in [1.807, 2.05) is 18.3 Å². The van der Waals surface area contributed by atoms with Gasteiger partial charge in [-0.25, -0.2) is 0 Å². The van der Waals surface area contributed by atoms with E-state index in [9.17, 15) is 0 Å². The van der Waals surface area contributed by atoms with Crippen LogP contribution in [-0.4, -0.2) is 4.98 Å². The Bertz CT molecular complexity index is 429. The van der Waals surface area contributed by atoms with Gasteiger partial charge in [-0.1, -0.05) is 25.4 Å². The van der Waals surface area contributed by atoms with Crippen LogP contribution in [0.4, 0.5) is 0 Å². The minimum Gasteiger partial charge on any atom is -0.361 e. The maximum absolute atomic E-state index is 6.00. The zero-order valence-electron chi connectivity index (χ0n) is 7.76. The summed E-state index contributed by atoms with van der Waals surface area (Å²) in [7, 11) is 0. The molecule has 0 amide bonds. The van der Waals surface area contributed by atoms with Crippen LogP contribution in [0, 0.1) is 0 Å². The van der Waals surface area contributed by atoms with E-state index >= 15 is 0 Å². The van der Waals surface area contributed by atoms with Crippen molar-refractivity contribution in [2.24, 2.45) is 0 Å². The molecular weight excluding hydrogens is 182 g/mol. The number of halogens is 1. The summed E-state index contributed by atoms with van der Waals surface area (Å²) in [6.45, 7) is 4.36. The number of fused-ring (bicyclic) bond motifs is 1. The first kappa shape index (κ1) is 8.64. The molecule has 0 spiro atoms. The van der Waals surface area contributed by atoms with Crippen molar-refractivity contribution < 1.29 is 0 Å². The third-order valence-electron chi connectivity index (χ3n) is 2.29. The molecule has 1 nitrogen and oxygen atoms in total. The van der Waals surface area contributed by atoms with Crippen molar-refractivity contribution in [1.82, 2.24) is 4.98 Å². The van der Waals surface area contributed by atoms with Crippen LogP contribution in [0.1, 0.15) is 25.3 Å². The molecule has 0 aliphatic heterocycles. The van der Waals surface area contributed by atoms with E-state index in [0.29, 0.717) is 5.92 Å². The molecule has 0 aliphatic rings. The highest BCUT2D eigenvalue weighted by atomic mass is 35.5. The highest BCUT2D eigenvalue weighted by Crippen LogP contribution is 2.28. The first-order valence-electron chi connectivity index (χ1n) is 4.45. The van der Waals surface area contributed by atoms with E-state index < -0.39 is 0 Å². The second-order valence-electron chi connectivity index (χ2n) is 3.59. The first-order valence-corrected chi connectivity index (χ1v) is 4.83. The van der Waals surface area contributed by atoms with E-state index in [-0.39, 0.29) is 0 Å². The molecule has 1 heterocycles. The van der Waals surface area contributed by atoms with Crippen molar-refractivity contribution in [3.05, 3.63) is 35.0 Å². The molecule has 0 atom stereocenters. The molecule has 1 aromatic carbocycles. The maximum Gasteiger partial charge on any atom is 0.0471 e. The lowest BCUT2D eigenvalue weighted by Gasteiger charge is -2.07. The summed E-state index contributed by atoms with van der Waals surface area (Å²) >= 11 is 6.00. The van der Waals surface area contributed by atoms with Gasteiger partial charge in [0.2, 0.25) is 0 Å². The van der Waals surface area contributed by atoms with Gasteiger partial charge in [0.25, 0.3) is 0 Å². The fraction of sp³-hybridized carbons (Fsp3) is 0.273. The lowest BCUT2D eigenvalue weighted by molar-refractivity contribution is 0.876. The Hall–Kier alpha value is -0.950. The molecule has 1 N–H and O–H groups in total. The largest absolute Gasteiger partial charge is 0.361 e. The average Bonchev–Trinajstić information content (AvgIpc) is 2.49. The van der Waals surface area contributed by atoms with Crippen LogP contribution in [0.3, 0.4) is 0 Å². The topological polar surface area (TPSA) is 15.8 Å². The highest BCUT2D eigenvalue weighted by molar-refractivity contribution is 6.31. The van der Waals surface area contributed by atoms with Crippen LogP contribution in [0.15, 0.2) is 24.4 Å². The quantitative estimate of drug-likeness (QED) is 0.706. The van der Waals surface area contributed by atoms with E-state index in [2.05, 4.69) is 24.9 Å². The van der Waals surface area contributed by atoms with Gasteiger partial charge < -0.3 is 4.98 Å². The molecule has 0 fully saturated rings. The number of aromatic amines is 1. The minimum atomic E-state index is 0.511. The summed E-state index contributed by atoms with van der Waals surface area (Å²) in [5, 5.41) is 2.08. The number of rotatable bonds is 1. The second kappa shape index (κ2) is 3.08. The standard InChI is InChI=1S/C11H12ClN/c1-7(2)10-5-8(12)6-11-9(10)3-4-13-11/h3-7,13H,1-2H3. The van der Waals surface area contributed by atoms with Gasteiger partial charge in [-0.05, 0) is 29.7 Å². The van der Waals surface area contributed by atoms with Gasteiger partial charge in [0.15, 0.2) is 0 Å². The lowest BCUT2D eigenvalue weighted by atomic mass is 9.99. The molecule has 2 rings (SSSR count). The van der Waals surface area contributed by atoms with Gasteiger partial charge in [-0.15, -0.1) is 0 Å². The van der Waals surface area contributed by atoms with Gasteiger partial charge in [0.1, 0.15) is 0 Å². The molecule has 0 radical (unpaired) electrons. The van der Waals surface area contributed by atoms with Crippen molar-refractivity contribution in [2.45, 2.75) is 19.8 Å². The van der Waals surface area contributed by atoms with Crippen molar-refractivity contribution in [3.63, 3.8) is 0 Å². The van der Waals surface area contributed by atoms with E-state index in [0.717, 1.165) is 10.5 Å². The SMILES string of the molecule is CC(C)c1cc(Cl)cc2[nH]ccc12. The van der Waals surface area contributed by atoms with Gasteiger partial charge in [0, 0.05) is 22.1 Å². The van der Waals surface area contributed by atoms with E-state index in [1.54, 1.807) is 0 Å². The number of benzene rings is 1. The Labute approximate surface area is 82.7 Å². The Kier molecular flexibility index (Phi) is 2.04. The van der Waals surface area contributed by atoms with Crippen LogP contribution in [0.5, 0.6) is 0 Å². The summed E-state index contributed by atoms with van der Waals surface area (Å²) in [6.07, 6.45) is 1.95. The molecule has 13 heavy (non-hydrogen) atoms. The van der Waals surface area contributed by atoms with Crippen molar-refractivity contribution >= 4 is 22.5 Å². The van der Waals surface area contributed by atoms with Crippen LogP contribution in [0.25, 0.3) is 10.9 Å². The van der Waals surface area contributed by atoms with Crippen molar-refractivity contribution in [2.75, 3.05) is 0 Å². The Morgan fingerprint density at radius 3 is 2.77 bits per heavy atom. The number of hydrogen-bond acceptors (Lipinski definition) is 0. The zero-order valence-corrected chi connectivity index (χ0v) is 8.52. The molecule has 1 aromatic heterocycles.